The molecule has 1 aliphatic heterocycles. The van der Waals surface area contributed by atoms with Crippen LogP contribution < -0.4 is 10.3 Å². The average molecular weight is 409 g/mol. The number of nitrogens with zero attached hydrogens (tertiary/aromatic N) is 2. The number of ether oxygens (including phenoxy) is 2. The number of benzene rings is 1. The molecular formula is C18H14Cl2N2O3S. The summed E-state index contributed by atoms with van der Waals surface area (Å²) in [4.78, 5) is 16.7. The topological polar surface area (TPSA) is 52.8 Å². The van der Waals surface area contributed by atoms with Crippen molar-refractivity contribution >= 4 is 40.6 Å². The summed E-state index contributed by atoms with van der Waals surface area (Å²) in [6.45, 7) is 0.747. The minimum absolute atomic E-state index is 0.145. The van der Waals surface area contributed by atoms with Gasteiger partial charge in [-0.15, -0.1) is 0 Å². The van der Waals surface area contributed by atoms with Crippen molar-refractivity contribution in [1.29, 1.82) is 0 Å². The molecule has 3 heterocycles. The number of pyridine rings is 1. The molecule has 5 nitrogen and oxygen atoms in total. The van der Waals surface area contributed by atoms with E-state index in [9.17, 15) is 4.79 Å². The number of thioether (sulfide) groups is 1. The second-order valence-electron chi connectivity index (χ2n) is 5.82. The lowest BCUT2D eigenvalue weighted by atomic mass is 10.1. The number of hydrogen-bond donors (Lipinski definition) is 0. The van der Waals surface area contributed by atoms with Gasteiger partial charge in [0.15, 0.2) is 6.79 Å². The molecule has 134 valence electrons. The summed E-state index contributed by atoms with van der Waals surface area (Å²) >= 11 is 13.8. The van der Waals surface area contributed by atoms with Crippen molar-refractivity contribution in [2.24, 2.45) is 0 Å². The van der Waals surface area contributed by atoms with Gasteiger partial charge in [0.25, 0.3) is 5.56 Å². The van der Waals surface area contributed by atoms with Crippen LogP contribution in [0, 0.1) is 0 Å². The molecular weight excluding hydrogens is 395 g/mol. The third kappa shape index (κ3) is 3.69. The van der Waals surface area contributed by atoms with Crippen molar-refractivity contribution in [2.45, 2.75) is 18.1 Å². The van der Waals surface area contributed by atoms with Crippen molar-refractivity contribution < 1.29 is 9.47 Å². The Balaban J connectivity index is 1.52. The van der Waals surface area contributed by atoms with Crippen molar-refractivity contribution in [1.82, 2.24) is 9.38 Å². The number of halogens is 2. The molecule has 4 rings (SSSR count). The first-order chi connectivity index (χ1) is 12.6. The molecule has 0 aliphatic carbocycles. The van der Waals surface area contributed by atoms with E-state index < -0.39 is 0 Å². The highest BCUT2D eigenvalue weighted by Gasteiger charge is 2.16. The van der Waals surface area contributed by atoms with Crippen LogP contribution >= 0.6 is 35.0 Å². The minimum Gasteiger partial charge on any atom is -0.467 e. The first kappa shape index (κ1) is 17.7. The molecule has 0 fully saturated rings. The Kier molecular flexibility index (Phi) is 5.09. The van der Waals surface area contributed by atoms with Gasteiger partial charge in [0.1, 0.15) is 11.4 Å². The highest BCUT2D eigenvalue weighted by molar-refractivity contribution is 7.97. The van der Waals surface area contributed by atoms with Crippen molar-refractivity contribution in [3.63, 3.8) is 0 Å². The van der Waals surface area contributed by atoms with Crippen LogP contribution in [0.25, 0.3) is 5.65 Å². The molecule has 8 heteroatoms. The predicted octanol–water partition coefficient (Wildman–Crippen LogP) is 4.30. The van der Waals surface area contributed by atoms with Gasteiger partial charge in [-0.25, -0.2) is 4.98 Å². The van der Waals surface area contributed by atoms with E-state index in [-0.39, 0.29) is 12.4 Å². The standard InChI is InChI=1S/C18H14Cl2N2O3S/c19-13-1-2-16-21-15(5-17(23)22(16)6-13)9-26-8-12-4-14(20)3-11-7-24-10-25-18(11)12/h1-6H,7-10H2. The summed E-state index contributed by atoms with van der Waals surface area (Å²) in [5, 5.41) is 1.16. The zero-order valence-corrected chi connectivity index (χ0v) is 15.9. The van der Waals surface area contributed by atoms with E-state index in [1.165, 1.54) is 10.5 Å². The van der Waals surface area contributed by atoms with Crippen LogP contribution in [0.4, 0.5) is 0 Å². The summed E-state index contributed by atoms with van der Waals surface area (Å²) in [6.07, 6.45) is 1.57. The largest absolute Gasteiger partial charge is 0.467 e. The smallest absolute Gasteiger partial charge is 0.258 e. The lowest BCUT2D eigenvalue weighted by Gasteiger charge is -2.21. The van der Waals surface area contributed by atoms with E-state index in [4.69, 9.17) is 32.7 Å². The molecule has 1 aromatic carbocycles. The zero-order chi connectivity index (χ0) is 18.1. The second kappa shape index (κ2) is 7.48. The molecule has 1 aliphatic rings. The van der Waals surface area contributed by atoms with Crippen LogP contribution in [0.3, 0.4) is 0 Å². The van der Waals surface area contributed by atoms with E-state index in [1.807, 2.05) is 12.1 Å². The fourth-order valence-electron chi connectivity index (χ4n) is 2.83. The zero-order valence-electron chi connectivity index (χ0n) is 13.6. The third-order valence-electron chi connectivity index (χ3n) is 3.94. The maximum Gasteiger partial charge on any atom is 0.258 e. The summed E-state index contributed by atoms with van der Waals surface area (Å²) in [6, 6.07) is 8.76. The molecule has 0 N–H and O–H groups in total. The van der Waals surface area contributed by atoms with Gasteiger partial charge in [0, 0.05) is 39.9 Å². The van der Waals surface area contributed by atoms with E-state index in [0.29, 0.717) is 33.8 Å². The van der Waals surface area contributed by atoms with Gasteiger partial charge in [-0.05, 0) is 24.3 Å². The molecule has 26 heavy (non-hydrogen) atoms. The molecule has 0 spiro atoms. The highest BCUT2D eigenvalue weighted by Crippen LogP contribution is 2.34. The number of rotatable bonds is 4. The van der Waals surface area contributed by atoms with Gasteiger partial charge in [-0.1, -0.05) is 23.2 Å². The van der Waals surface area contributed by atoms with Gasteiger partial charge >= 0.3 is 0 Å². The Labute approximate surface area is 163 Å². The third-order valence-corrected chi connectivity index (χ3v) is 5.39. The fourth-order valence-corrected chi connectivity index (χ4v) is 4.15. The van der Waals surface area contributed by atoms with Gasteiger partial charge in [0.2, 0.25) is 0 Å². The molecule has 0 saturated carbocycles. The minimum atomic E-state index is -0.145. The van der Waals surface area contributed by atoms with Crippen LogP contribution in [0.15, 0.2) is 41.3 Å². The van der Waals surface area contributed by atoms with E-state index >= 15 is 0 Å². The van der Waals surface area contributed by atoms with Gasteiger partial charge < -0.3 is 9.47 Å². The lowest BCUT2D eigenvalue weighted by Crippen LogP contribution is -2.15. The van der Waals surface area contributed by atoms with Crippen LogP contribution in [-0.2, 0) is 22.8 Å². The van der Waals surface area contributed by atoms with Crippen LogP contribution in [0.5, 0.6) is 5.75 Å². The summed E-state index contributed by atoms with van der Waals surface area (Å²) in [7, 11) is 0. The predicted molar refractivity (Wildman–Crippen MR) is 103 cm³/mol. The average Bonchev–Trinajstić information content (AvgIpc) is 2.62. The Hall–Kier alpha value is -1.73. The normalized spacial score (nSPS) is 13.5. The number of fused-ring (bicyclic) bond motifs is 2. The fraction of sp³-hybridized carbons (Fsp3) is 0.222. The Morgan fingerprint density at radius 1 is 1.15 bits per heavy atom. The molecule has 0 atom stereocenters. The lowest BCUT2D eigenvalue weighted by molar-refractivity contribution is -0.0168. The van der Waals surface area contributed by atoms with Crippen LogP contribution in [0.2, 0.25) is 10.0 Å². The highest BCUT2D eigenvalue weighted by atomic mass is 35.5. The summed E-state index contributed by atoms with van der Waals surface area (Å²) in [5.41, 5.74) is 3.14. The molecule has 0 bridgehead atoms. The molecule has 0 amide bonds. The SMILES string of the molecule is O=c1cc(CSCc2cc(Cl)cc3c2OCOC3)nc2ccc(Cl)cn12. The Morgan fingerprint density at radius 2 is 2.04 bits per heavy atom. The van der Waals surface area contributed by atoms with E-state index in [0.717, 1.165) is 22.6 Å². The number of hydrogen-bond acceptors (Lipinski definition) is 5. The molecule has 0 unspecified atom stereocenters. The monoisotopic (exact) mass is 408 g/mol. The molecule has 2 aromatic heterocycles. The summed E-state index contributed by atoms with van der Waals surface area (Å²) < 4.78 is 12.4. The van der Waals surface area contributed by atoms with Crippen LogP contribution in [0.1, 0.15) is 16.8 Å². The maximum atomic E-state index is 12.2. The van der Waals surface area contributed by atoms with E-state index in [1.54, 1.807) is 30.1 Å². The molecule has 3 aromatic rings. The van der Waals surface area contributed by atoms with Gasteiger partial charge in [0.05, 0.1) is 17.3 Å². The van der Waals surface area contributed by atoms with Gasteiger partial charge in [-0.2, -0.15) is 11.8 Å². The second-order valence-corrected chi connectivity index (χ2v) is 7.68. The van der Waals surface area contributed by atoms with E-state index in [2.05, 4.69) is 4.98 Å². The quantitative estimate of drug-likeness (QED) is 0.643. The van der Waals surface area contributed by atoms with Crippen molar-refractivity contribution in [3.8, 4) is 5.75 Å². The first-order valence-corrected chi connectivity index (χ1v) is 9.78. The molecule has 0 radical (unpaired) electrons. The molecule has 0 saturated heterocycles. The Bertz CT molecular complexity index is 1040. The number of aromatic nitrogens is 2. The first-order valence-electron chi connectivity index (χ1n) is 7.87. The maximum absolute atomic E-state index is 12.2. The Morgan fingerprint density at radius 3 is 2.92 bits per heavy atom. The van der Waals surface area contributed by atoms with Crippen LogP contribution in [-0.4, -0.2) is 16.2 Å². The van der Waals surface area contributed by atoms with Crippen molar-refractivity contribution in [2.75, 3.05) is 6.79 Å². The summed E-state index contributed by atoms with van der Waals surface area (Å²) in [5.74, 6) is 2.14. The van der Waals surface area contributed by atoms with Crippen molar-refractivity contribution in [3.05, 3.63) is 73.7 Å². The van der Waals surface area contributed by atoms with Gasteiger partial charge in [-0.3, -0.25) is 9.20 Å².